The summed E-state index contributed by atoms with van der Waals surface area (Å²) >= 11 is 0. The number of carbonyl (C=O) groups is 1. The normalized spacial score (nSPS) is 10.7. The van der Waals surface area contributed by atoms with Crippen LogP contribution in [0.5, 0.6) is 0 Å². The lowest BCUT2D eigenvalue weighted by atomic mass is 10.1. The van der Waals surface area contributed by atoms with Gasteiger partial charge >= 0.3 is 5.97 Å². The van der Waals surface area contributed by atoms with Gasteiger partial charge in [-0.25, -0.2) is 0 Å². The summed E-state index contributed by atoms with van der Waals surface area (Å²) in [6.45, 7) is 5.66. The first-order chi connectivity index (χ1) is 8.15. The number of hydrogen-bond donors (Lipinski definition) is 1. The van der Waals surface area contributed by atoms with E-state index < -0.39 is 5.97 Å². The molecule has 5 heteroatoms. The zero-order valence-corrected chi connectivity index (χ0v) is 10.1. The molecule has 0 aliphatic carbocycles. The molecule has 0 bridgehead atoms. The minimum atomic E-state index is -0.831. The fourth-order valence-electron chi connectivity index (χ4n) is 1.32. The lowest BCUT2D eigenvalue weighted by Gasteiger charge is -2.10. The summed E-state index contributed by atoms with van der Waals surface area (Å²) in [6, 6.07) is 7.05. The van der Waals surface area contributed by atoms with Crippen molar-refractivity contribution in [2.24, 2.45) is 10.3 Å². The second-order valence-electron chi connectivity index (χ2n) is 3.57. The van der Waals surface area contributed by atoms with Crippen LogP contribution in [-0.2, 0) is 11.2 Å². The first-order valence-electron chi connectivity index (χ1n) is 5.63. The van der Waals surface area contributed by atoms with Crippen molar-refractivity contribution in [2.45, 2.75) is 20.3 Å². The molecule has 0 aliphatic rings. The molecular formula is C12H17N3O2. The van der Waals surface area contributed by atoms with E-state index in [1.54, 1.807) is 24.3 Å². The van der Waals surface area contributed by atoms with E-state index in [4.69, 9.17) is 5.11 Å². The monoisotopic (exact) mass is 235 g/mol. The Kier molecular flexibility index (Phi) is 5.13. The van der Waals surface area contributed by atoms with Gasteiger partial charge in [0.2, 0.25) is 0 Å². The highest BCUT2D eigenvalue weighted by Gasteiger charge is 2.00. The molecule has 0 radical (unpaired) electrons. The lowest BCUT2D eigenvalue weighted by Crippen LogP contribution is -2.14. The first kappa shape index (κ1) is 13.2. The van der Waals surface area contributed by atoms with E-state index in [2.05, 4.69) is 10.3 Å². The number of nitrogens with zero attached hydrogens (tertiary/aromatic N) is 3. The van der Waals surface area contributed by atoms with Crippen LogP contribution in [0.25, 0.3) is 0 Å². The molecule has 1 rings (SSSR count). The van der Waals surface area contributed by atoms with Crippen LogP contribution in [0.4, 0.5) is 5.69 Å². The fraction of sp³-hybridized carbons (Fsp3) is 0.417. The summed E-state index contributed by atoms with van der Waals surface area (Å²) in [7, 11) is 0. The van der Waals surface area contributed by atoms with E-state index in [1.165, 1.54) is 0 Å². The van der Waals surface area contributed by atoms with Crippen molar-refractivity contribution in [3.8, 4) is 0 Å². The Balaban J connectivity index is 2.64. The molecule has 0 spiro atoms. The highest BCUT2D eigenvalue weighted by molar-refractivity contribution is 5.70. The van der Waals surface area contributed by atoms with Crippen molar-refractivity contribution in [1.29, 1.82) is 0 Å². The SMILES string of the molecule is CCN(CC)N=Nc1ccc(CC(=O)O)cc1. The fourth-order valence-corrected chi connectivity index (χ4v) is 1.32. The highest BCUT2D eigenvalue weighted by Crippen LogP contribution is 2.14. The van der Waals surface area contributed by atoms with Gasteiger partial charge in [0.15, 0.2) is 0 Å². The molecule has 0 fully saturated rings. The van der Waals surface area contributed by atoms with Crippen LogP contribution in [0, 0.1) is 0 Å². The Morgan fingerprint density at radius 1 is 1.24 bits per heavy atom. The standard InChI is InChI=1S/C12H17N3O2/c1-3-15(4-2)14-13-11-7-5-10(6-8-11)9-12(16)17/h5-8H,3-4,9H2,1-2H3,(H,16,17). The van der Waals surface area contributed by atoms with E-state index in [9.17, 15) is 4.79 Å². The smallest absolute Gasteiger partial charge is 0.307 e. The molecule has 92 valence electrons. The third-order valence-corrected chi connectivity index (χ3v) is 2.31. The Bertz CT molecular complexity index is 383. The molecule has 0 heterocycles. The van der Waals surface area contributed by atoms with Crippen molar-refractivity contribution in [3.05, 3.63) is 29.8 Å². The third-order valence-electron chi connectivity index (χ3n) is 2.31. The van der Waals surface area contributed by atoms with Crippen LogP contribution in [0.15, 0.2) is 34.6 Å². The Labute approximate surface area is 101 Å². The zero-order chi connectivity index (χ0) is 12.7. The molecule has 0 unspecified atom stereocenters. The molecular weight excluding hydrogens is 218 g/mol. The predicted octanol–water partition coefficient (Wildman–Crippen LogP) is 2.65. The summed E-state index contributed by atoms with van der Waals surface area (Å²) < 4.78 is 0. The van der Waals surface area contributed by atoms with Crippen LogP contribution in [-0.4, -0.2) is 29.2 Å². The van der Waals surface area contributed by atoms with Crippen LogP contribution >= 0.6 is 0 Å². The second kappa shape index (κ2) is 6.62. The first-order valence-corrected chi connectivity index (χ1v) is 5.63. The van der Waals surface area contributed by atoms with E-state index in [-0.39, 0.29) is 6.42 Å². The zero-order valence-electron chi connectivity index (χ0n) is 10.1. The predicted molar refractivity (Wildman–Crippen MR) is 65.2 cm³/mol. The van der Waals surface area contributed by atoms with Crippen molar-refractivity contribution >= 4 is 11.7 Å². The largest absolute Gasteiger partial charge is 0.481 e. The molecule has 0 aliphatic heterocycles. The average Bonchev–Trinajstić information content (AvgIpc) is 2.32. The van der Waals surface area contributed by atoms with Gasteiger partial charge in [0, 0.05) is 13.1 Å². The van der Waals surface area contributed by atoms with E-state index in [0.29, 0.717) is 0 Å². The van der Waals surface area contributed by atoms with E-state index in [1.807, 2.05) is 18.9 Å². The van der Waals surface area contributed by atoms with E-state index in [0.717, 1.165) is 24.3 Å². The maximum absolute atomic E-state index is 10.5. The second-order valence-corrected chi connectivity index (χ2v) is 3.57. The minimum absolute atomic E-state index is 0.0352. The van der Waals surface area contributed by atoms with Crippen molar-refractivity contribution < 1.29 is 9.90 Å². The maximum Gasteiger partial charge on any atom is 0.307 e. The van der Waals surface area contributed by atoms with Gasteiger partial charge in [0.25, 0.3) is 0 Å². The number of rotatable bonds is 6. The number of hydrogen-bond acceptors (Lipinski definition) is 3. The van der Waals surface area contributed by atoms with Gasteiger partial charge in [0.1, 0.15) is 0 Å². The molecule has 1 aromatic rings. The lowest BCUT2D eigenvalue weighted by molar-refractivity contribution is -0.136. The minimum Gasteiger partial charge on any atom is -0.481 e. The molecule has 0 atom stereocenters. The van der Waals surface area contributed by atoms with Gasteiger partial charge in [-0.2, -0.15) is 0 Å². The van der Waals surface area contributed by atoms with Gasteiger partial charge in [-0.05, 0) is 31.5 Å². The molecule has 1 N–H and O–H groups in total. The number of benzene rings is 1. The Morgan fingerprint density at radius 2 is 1.82 bits per heavy atom. The highest BCUT2D eigenvalue weighted by atomic mass is 16.4. The van der Waals surface area contributed by atoms with Gasteiger partial charge in [0.05, 0.1) is 12.1 Å². The Hall–Kier alpha value is -1.91. The third kappa shape index (κ3) is 4.63. The van der Waals surface area contributed by atoms with Crippen molar-refractivity contribution in [1.82, 2.24) is 5.01 Å². The Morgan fingerprint density at radius 3 is 2.29 bits per heavy atom. The number of carboxylic acids is 1. The molecule has 1 aromatic carbocycles. The van der Waals surface area contributed by atoms with Crippen LogP contribution in [0.2, 0.25) is 0 Å². The van der Waals surface area contributed by atoms with E-state index >= 15 is 0 Å². The molecule has 5 nitrogen and oxygen atoms in total. The summed E-state index contributed by atoms with van der Waals surface area (Å²) in [5, 5.41) is 18.6. The van der Waals surface area contributed by atoms with Gasteiger partial charge in [-0.1, -0.05) is 17.4 Å². The van der Waals surface area contributed by atoms with Gasteiger partial charge in [-0.15, -0.1) is 5.11 Å². The van der Waals surface area contributed by atoms with Crippen LogP contribution < -0.4 is 0 Å². The summed E-state index contributed by atoms with van der Waals surface area (Å²) in [5.74, 6) is -0.831. The molecule has 0 saturated carbocycles. The van der Waals surface area contributed by atoms with Gasteiger partial charge in [-0.3, -0.25) is 9.80 Å². The topological polar surface area (TPSA) is 65.3 Å². The van der Waals surface area contributed by atoms with Crippen molar-refractivity contribution in [3.63, 3.8) is 0 Å². The number of aliphatic carboxylic acids is 1. The summed E-state index contributed by atoms with van der Waals surface area (Å²) in [4.78, 5) is 10.5. The summed E-state index contributed by atoms with van der Waals surface area (Å²) in [5.41, 5.74) is 1.49. The van der Waals surface area contributed by atoms with Crippen molar-refractivity contribution in [2.75, 3.05) is 13.1 Å². The molecule has 0 amide bonds. The van der Waals surface area contributed by atoms with Gasteiger partial charge < -0.3 is 5.11 Å². The quantitative estimate of drug-likeness (QED) is 0.609. The van der Waals surface area contributed by atoms with Crippen LogP contribution in [0.1, 0.15) is 19.4 Å². The molecule has 17 heavy (non-hydrogen) atoms. The molecule has 0 aromatic heterocycles. The summed E-state index contributed by atoms with van der Waals surface area (Å²) in [6.07, 6.45) is 0.0352. The maximum atomic E-state index is 10.5. The molecule has 0 saturated heterocycles. The number of carboxylic acid groups (broad SMARTS) is 1. The van der Waals surface area contributed by atoms with Crippen LogP contribution in [0.3, 0.4) is 0 Å². The average molecular weight is 235 g/mol.